The van der Waals surface area contributed by atoms with E-state index >= 15 is 0 Å². The van der Waals surface area contributed by atoms with Crippen molar-refractivity contribution < 1.29 is 9.53 Å². The monoisotopic (exact) mass is 338 g/mol. The van der Waals surface area contributed by atoms with E-state index in [0.717, 1.165) is 50.2 Å². The van der Waals surface area contributed by atoms with Crippen LogP contribution < -0.4 is 10.1 Å². The van der Waals surface area contributed by atoms with Crippen LogP contribution in [0.3, 0.4) is 0 Å². The van der Waals surface area contributed by atoms with Gasteiger partial charge in [-0.1, -0.05) is 12.1 Å². The van der Waals surface area contributed by atoms with Crippen molar-refractivity contribution >= 4 is 18.3 Å². The van der Waals surface area contributed by atoms with Crippen LogP contribution in [0.5, 0.6) is 5.75 Å². The van der Waals surface area contributed by atoms with Crippen LogP contribution in [0.15, 0.2) is 24.3 Å². The van der Waals surface area contributed by atoms with Gasteiger partial charge in [-0.05, 0) is 62.4 Å². The summed E-state index contributed by atoms with van der Waals surface area (Å²) < 4.78 is 5.18. The normalized spacial score (nSPS) is 21.4. The molecule has 2 fully saturated rings. The maximum atomic E-state index is 12.8. The first kappa shape index (κ1) is 18.1. The maximum absolute atomic E-state index is 12.8. The van der Waals surface area contributed by atoms with E-state index < -0.39 is 0 Å². The van der Waals surface area contributed by atoms with Gasteiger partial charge in [-0.15, -0.1) is 12.4 Å². The molecule has 5 heteroatoms. The summed E-state index contributed by atoms with van der Waals surface area (Å²) in [4.78, 5) is 14.8. The molecule has 1 N–H and O–H groups in total. The predicted molar refractivity (Wildman–Crippen MR) is 94.0 cm³/mol. The molecule has 4 nitrogen and oxygen atoms in total. The van der Waals surface area contributed by atoms with Gasteiger partial charge >= 0.3 is 0 Å². The molecule has 1 spiro atoms. The lowest BCUT2D eigenvalue weighted by molar-refractivity contribution is -0.134. The Morgan fingerprint density at radius 3 is 2.52 bits per heavy atom. The van der Waals surface area contributed by atoms with Gasteiger partial charge in [0.25, 0.3) is 0 Å². The third-order valence-corrected chi connectivity index (χ3v) is 5.31. The average molecular weight is 339 g/mol. The van der Waals surface area contributed by atoms with Crippen molar-refractivity contribution in [3.63, 3.8) is 0 Å². The molecule has 1 amide bonds. The van der Waals surface area contributed by atoms with Gasteiger partial charge in [-0.25, -0.2) is 0 Å². The molecule has 1 atom stereocenters. The van der Waals surface area contributed by atoms with Crippen molar-refractivity contribution in [3.8, 4) is 5.75 Å². The topological polar surface area (TPSA) is 41.6 Å². The second-order valence-corrected chi connectivity index (χ2v) is 6.57. The number of nitrogens with zero attached hydrogens (tertiary/aromatic N) is 1. The number of nitrogens with one attached hydrogen (secondary N) is 1. The molecule has 1 heterocycles. The van der Waals surface area contributed by atoms with Crippen LogP contribution in [0.25, 0.3) is 0 Å². The Labute approximate surface area is 145 Å². The smallest absolute Gasteiger partial charge is 0.226 e. The van der Waals surface area contributed by atoms with E-state index in [2.05, 4.69) is 12.2 Å². The number of hydrogen-bond acceptors (Lipinski definition) is 3. The minimum atomic E-state index is 0. The second-order valence-electron chi connectivity index (χ2n) is 6.57. The number of carbonyl (C=O) groups excluding carboxylic acids is 1. The molecule has 0 bridgehead atoms. The van der Waals surface area contributed by atoms with E-state index in [1.54, 1.807) is 7.11 Å². The standard InChI is InChI=1S/C18H26N2O2.ClH/c1-3-20(13-14-4-6-15(22-2)7-5-14)17(21)16-12-18(16)8-10-19-11-9-18;/h4-7,16,19H,3,8-13H2,1-2H3;1H. The zero-order chi connectivity index (χ0) is 15.6. The summed E-state index contributed by atoms with van der Waals surface area (Å²) >= 11 is 0. The molecule has 1 saturated carbocycles. The maximum Gasteiger partial charge on any atom is 0.226 e. The molecule has 23 heavy (non-hydrogen) atoms. The number of amides is 1. The Bertz CT molecular complexity index is 526. The fourth-order valence-electron chi connectivity index (χ4n) is 3.69. The highest BCUT2D eigenvalue weighted by Crippen LogP contribution is 2.59. The highest BCUT2D eigenvalue weighted by atomic mass is 35.5. The Hall–Kier alpha value is -1.26. The van der Waals surface area contributed by atoms with Crippen molar-refractivity contribution in [1.82, 2.24) is 10.2 Å². The average Bonchev–Trinajstić information content (AvgIpc) is 3.26. The fraction of sp³-hybridized carbons (Fsp3) is 0.611. The van der Waals surface area contributed by atoms with Gasteiger partial charge in [0.05, 0.1) is 7.11 Å². The van der Waals surface area contributed by atoms with Gasteiger partial charge in [0.15, 0.2) is 0 Å². The Balaban J connectivity index is 0.00000192. The van der Waals surface area contributed by atoms with E-state index in [-0.39, 0.29) is 18.3 Å². The molecule has 2 aliphatic rings. The highest BCUT2D eigenvalue weighted by Gasteiger charge is 2.58. The molecule has 3 rings (SSSR count). The van der Waals surface area contributed by atoms with Crippen molar-refractivity contribution in [2.75, 3.05) is 26.7 Å². The minimum Gasteiger partial charge on any atom is -0.497 e. The van der Waals surface area contributed by atoms with E-state index in [0.29, 0.717) is 17.9 Å². The van der Waals surface area contributed by atoms with Crippen molar-refractivity contribution in [3.05, 3.63) is 29.8 Å². The first-order valence-corrected chi connectivity index (χ1v) is 8.31. The van der Waals surface area contributed by atoms with Crippen LogP contribution in [-0.2, 0) is 11.3 Å². The third kappa shape index (κ3) is 3.81. The predicted octanol–water partition coefficient (Wildman–Crippen LogP) is 2.86. The van der Waals surface area contributed by atoms with Gasteiger partial charge in [0, 0.05) is 19.0 Å². The van der Waals surface area contributed by atoms with E-state index in [4.69, 9.17) is 4.74 Å². The summed E-state index contributed by atoms with van der Waals surface area (Å²) in [6.07, 6.45) is 3.40. The summed E-state index contributed by atoms with van der Waals surface area (Å²) in [6, 6.07) is 8.00. The number of piperidine rings is 1. The molecule has 1 aromatic rings. The Morgan fingerprint density at radius 1 is 1.30 bits per heavy atom. The van der Waals surface area contributed by atoms with Crippen LogP contribution in [0.4, 0.5) is 0 Å². The molecule has 0 aromatic heterocycles. The number of rotatable bonds is 5. The Morgan fingerprint density at radius 2 is 1.96 bits per heavy atom. The molecule has 1 aliphatic heterocycles. The van der Waals surface area contributed by atoms with Crippen LogP contribution in [0.1, 0.15) is 31.7 Å². The van der Waals surface area contributed by atoms with Crippen molar-refractivity contribution in [1.29, 1.82) is 0 Å². The first-order chi connectivity index (χ1) is 10.7. The highest BCUT2D eigenvalue weighted by molar-refractivity contribution is 5.85. The number of carbonyl (C=O) groups is 1. The number of hydrogen-bond donors (Lipinski definition) is 1. The summed E-state index contributed by atoms with van der Waals surface area (Å²) in [7, 11) is 1.67. The molecule has 128 valence electrons. The summed E-state index contributed by atoms with van der Waals surface area (Å²) in [6.45, 7) is 5.67. The molecular weight excluding hydrogens is 312 g/mol. The number of benzene rings is 1. The SMILES string of the molecule is CCN(Cc1ccc(OC)cc1)C(=O)C1CC12CCNCC2.Cl. The zero-order valence-electron chi connectivity index (χ0n) is 14.0. The molecule has 1 aliphatic carbocycles. The lowest BCUT2D eigenvalue weighted by Gasteiger charge is -2.26. The molecule has 1 saturated heterocycles. The largest absolute Gasteiger partial charge is 0.497 e. The van der Waals surface area contributed by atoms with Gasteiger partial charge < -0.3 is 15.0 Å². The fourth-order valence-corrected chi connectivity index (χ4v) is 3.69. The van der Waals surface area contributed by atoms with Gasteiger partial charge in [-0.3, -0.25) is 4.79 Å². The minimum absolute atomic E-state index is 0. The summed E-state index contributed by atoms with van der Waals surface area (Å²) in [5.74, 6) is 1.46. The molecule has 1 unspecified atom stereocenters. The number of ether oxygens (including phenoxy) is 1. The molecule has 0 radical (unpaired) electrons. The second kappa shape index (κ2) is 7.54. The zero-order valence-corrected chi connectivity index (χ0v) is 14.8. The molecular formula is C18H27ClN2O2. The van der Waals surface area contributed by atoms with Gasteiger partial charge in [-0.2, -0.15) is 0 Å². The van der Waals surface area contributed by atoms with Gasteiger partial charge in [0.1, 0.15) is 5.75 Å². The van der Waals surface area contributed by atoms with Crippen LogP contribution in [0.2, 0.25) is 0 Å². The van der Waals surface area contributed by atoms with Gasteiger partial charge in [0.2, 0.25) is 5.91 Å². The Kier molecular flexibility index (Phi) is 5.93. The lowest BCUT2D eigenvalue weighted by atomic mass is 9.91. The number of methoxy groups -OCH3 is 1. The van der Waals surface area contributed by atoms with Crippen molar-refractivity contribution in [2.24, 2.45) is 11.3 Å². The first-order valence-electron chi connectivity index (χ1n) is 8.31. The van der Waals surface area contributed by atoms with E-state index in [9.17, 15) is 4.79 Å². The number of halogens is 1. The lowest BCUT2D eigenvalue weighted by Crippen LogP contribution is -2.36. The molecule has 1 aromatic carbocycles. The quantitative estimate of drug-likeness (QED) is 0.897. The van der Waals surface area contributed by atoms with E-state index in [1.165, 1.54) is 0 Å². The third-order valence-electron chi connectivity index (χ3n) is 5.31. The summed E-state index contributed by atoms with van der Waals surface area (Å²) in [5.41, 5.74) is 1.48. The van der Waals surface area contributed by atoms with E-state index in [1.807, 2.05) is 29.2 Å². The van der Waals surface area contributed by atoms with Crippen LogP contribution in [-0.4, -0.2) is 37.6 Å². The van der Waals surface area contributed by atoms with Crippen LogP contribution in [0, 0.1) is 11.3 Å². The van der Waals surface area contributed by atoms with Crippen molar-refractivity contribution in [2.45, 2.75) is 32.7 Å². The summed E-state index contributed by atoms with van der Waals surface area (Å²) in [5, 5.41) is 3.40. The van der Waals surface area contributed by atoms with Crippen LogP contribution >= 0.6 is 12.4 Å².